The third-order valence-corrected chi connectivity index (χ3v) is 4.67. The smallest absolute Gasteiger partial charge is 0.481 e. The fourth-order valence-electron chi connectivity index (χ4n) is 2.77. The molecule has 1 aliphatic rings. The fourth-order valence-corrected chi connectivity index (χ4v) is 3.56. The maximum Gasteiger partial charge on any atom is 0.582 e. The number of aliphatic carboxylic acids is 2. The second kappa shape index (κ2) is 8.76. The SMILES string of the molecule is CO[C@H]1C(O[P+](=O)S)[C@@H](CC(C(=O)O)C(=O)O)O[C@H]1n1ccc(=O)[nH]c1=O. The highest BCUT2D eigenvalue weighted by molar-refractivity contribution is 8.39. The molecule has 0 amide bonds. The van der Waals surface area contributed by atoms with E-state index in [2.05, 4.69) is 12.2 Å². The third kappa shape index (κ3) is 4.82. The van der Waals surface area contributed by atoms with Crippen molar-refractivity contribution in [1.29, 1.82) is 0 Å². The predicted octanol–water partition coefficient (Wildman–Crippen LogP) is -0.403. The van der Waals surface area contributed by atoms with E-state index in [-0.39, 0.29) is 0 Å². The lowest BCUT2D eigenvalue weighted by Crippen LogP contribution is -2.39. The number of hydrogen-bond donors (Lipinski definition) is 4. The third-order valence-electron chi connectivity index (χ3n) is 3.96. The van der Waals surface area contributed by atoms with Gasteiger partial charge >= 0.3 is 24.9 Å². The van der Waals surface area contributed by atoms with Gasteiger partial charge in [0.25, 0.3) is 5.56 Å². The summed E-state index contributed by atoms with van der Waals surface area (Å²) in [6, 6.07) is 1.05. The van der Waals surface area contributed by atoms with Gasteiger partial charge in [0, 0.05) is 25.8 Å². The summed E-state index contributed by atoms with van der Waals surface area (Å²) in [4.78, 5) is 47.6. The van der Waals surface area contributed by atoms with Crippen LogP contribution in [0.1, 0.15) is 12.6 Å². The molecule has 2 rings (SSSR count). The van der Waals surface area contributed by atoms with Gasteiger partial charge in [-0.25, -0.2) is 4.79 Å². The molecule has 14 heteroatoms. The van der Waals surface area contributed by atoms with E-state index in [1.54, 1.807) is 0 Å². The van der Waals surface area contributed by atoms with Crippen LogP contribution in [0.25, 0.3) is 0 Å². The van der Waals surface area contributed by atoms with Gasteiger partial charge in [0.15, 0.2) is 18.2 Å². The number of aromatic amines is 1. The molecule has 2 unspecified atom stereocenters. The van der Waals surface area contributed by atoms with Gasteiger partial charge in [0.2, 0.25) is 0 Å². The molecule has 0 radical (unpaired) electrons. The summed E-state index contributed by atoms with van der Waals surface area (Å²) in [5.41, 5.74) is -1.49. The number of H-pyrrole nitrogens is 1. The number of nitrogens with zero attached hydrogens (tertiary/aromatic N) is 1. The van der Waals surface area contributed by atoms with E-state index in [9.17, 15) is 23.7 Å². The first-order chi connectivity index (χ1) is 12.6. The first-order valence-electron chi connectivity index (χ1n) is 7.44. The summed E-state index contributed by atoms with van der Waals surface area (Å²) in [6.45, 7) is 0. The number of hydrogen-bond acceptors (Lipinski definition) is 8. The Labute approximate surface area is 157 Å². The highest BCUT2D eigenvalue weighted by atomic mass is 32.7. The van der Waals surface area contributed by atoms with Gasteiger partial charge in [0.1, 0.15) is 18.4 Å². The van der Waals surface area contributed by atoms with Crippen LogP contribution in [-0.4, -0.2) is 57.1 Å². The van der Waals surface area contributed by atoms with Crippen molar-refractivity contribution in [3.05, 3.63) is 33.1 Å². The van der Waals surface area contributed by atoms with Crippen molar-refractivity contribution in [1.82, 2.24) is 9.55 Å². The number of ether oxygens (including phenoxy) is 2. The Balaban J connectivity index is 2.41. The molecule has 0 aliphatic carbocycles. The van der Waals surface area contributed by atoms with E-state index in [1.807, 2.05) is 4.98 Å². The number of carboxylic acids is 2. The Morgan fingerprint density at radius 1 is 1.37 bits per heavy atom. The zero-order chi connectivity index (χ0) is 20.3. The normalized spacial score (nSPS) is 25.5. The van der Waals surface area contributed by atoms with Crippen LogP contribution in [0, 0.1) is 5.92 Å². The molecule has 1 aliphatic heterocycles. The molecule has 1 aromatic heterocycles. The average molecular weight is 423 g/mol. The molecule has 148 valence electrons. The van der Waals surface area contributed by atoms with Crippen molar-refractivity contribution < 1.29 is 38.4 Å². The van der Waals surface area contributed by atoms with E-state index in [4.69, 9.17) is 24.2 Å². The summed E-state index contributed by atoms with van der Waals surface area (Å²) in [5.74, 6) is -5.03. The molecule has 2 heterocycles. The molecule has 3 N–H and O–H groups in total. The van der Waals surface area contributed by atoms with E-state index in [0.717, 1.165) is 16.8 Å². The highest BCUT2D eigenvalue weighted by Gasteiger charge is 2.52. The minimum absolute atomic E-state index is 0.541. The maximum absolute atomic E-state index is 12.0. The Hall–Kier alpha value is -2.05. The quantitative estimate of drug-likeness (QED) is 0.245. The number of thiol groups is 1. The Bertz CT molecular complexity index is 840. The number of aromatic nitrogens is 2. The molecule has 1 saturated heterocycles. The first-order valence-corrected chi connectivity index (χ1v) is 9.77. The molecule has 1 aromatic rings. The van der Waals surface area contributed by atoms with Gasteiger partial charge in [-0.3, -0.25) is 23.9 Å². The van der Waals surface area contributed by atoms with Crippen LogP contribution in [0.5, 0.6) is 0 Å². The van der Waals surface area contributed by atoms with Crippen molar-refractivity contribution in [2.45, 2.75) is 31.0 Å². The highest BCUT2D eigenvalue weighted by Crippen LogP contribution is 2.41. The number of rotatable bonds is 8. The molecular formula is C13H16N2O10PS+. The lowest BCUT2D eigenvalue weighted by Gasteiger charge is -2.20. The lowest BCUT2D eigenvalue weighted by atomic mass is 9.97. The summed E-state index contributed by atoms with van der Waals surface area (Å²) in [5, 5.41) is 18.2. The van der Waals surface area contributed by atoms with Crippen molar-refractivity contribution in [2.75, 3.05) is 7.11 Å². The molecular weight excluding hydrogens is 407 g/mol. The van der Waals surface area contributed by atoms with Crippen molar-refractivity contribution in [2.24, 2.45) is 5.92 Å². The molecule has 0 saturated carbocycles. The molecule has 0 bridgehead atoms. The van der Waals surface area contributed by atoms with Gasteiger partial charge < -0.3 is 19.7 Å². The van der Waals surface area contributed by atoms with E-state index >= 15 is 0 Å². The van der Waals surface area contributed by atoms with Crippen LogP contribution in [-0.2, 0) is 28.2 Å². The van der Waals surface area contributed by atoms with Crippen LogP contribution in [0.15, 0.2) is 21.9 Å². The molecule has 27 heavy (non-hydrogen) atoms. The lowest BCUT2D eigenvalue weighted by molar-refractivity contribution is -0.157. The van der Waals surface area contributed by atoms with Crippen LogP contribution >= 0.6 is 19.5 Å². The average Bonchev–Trinajstić information content (AvgIpc) is 2.88. The topological polar surface area (TPSA) is 174 Å². The zero-order valence-electron chi connectivity index (χ0n) is 13.8. The summed E-state index contributed by atoms with van der Waals surface area (Å²) in [7, 11) is -1.24. The second-order valence-corrected chi connectivity index (χ2v) is 7.22. The molecule has 1 fully saturated rings. The van der Waals surface area contributed by atoms with Crippen molar-refractivity contribution in [3.8, 4) is 0 Å². The van der Waals surface area contributed by atoms with E-state index in [0.29, 0.717) is 0 Å². The van der Waals surface area contributed by atoms with Crippen molar-refractivity contribution >= 4 is 31.4 Å². The Kier molecular flexibility index (Phi) is 6.89. The second-order valence-electron chi connectivity index (χ2n) is 5.56. The predicted molar refractivity (Wildman–Crippen MR) is 90.9 cm³/mol. The number of methoxy groups -OCH3 is 1. The van der Waals surface area contributed by atoms with Gasteiger partial charge in [0.05, 0.1) is 6.10 Å². The standard InChI is InChI=1S/C13H15N2O10PS/c1-23-9-8(25-26(22)27)6(4-5(11(17)18)12(19)20)24-10(9)15-3-2-7(16)14-13(15)21/h2-3,5-6,8-10H,4H2,1H3,(H3-,14,16,17,18,19,20,21,22,27)/p+1/t6-,8?,9+,10-/m1/s1. The van der Waals surface area contributed by atoms with Crippen molar-refractivity contribution in [3.63, 3.8) is 0 Å². The number of nitrogens with one attached hydrogen (secondary N) is 1. The Morgan fingerprint density at radius 2 is 2.00 bits per heavy atom. The molecule has 0 spiro atoms. The summed E-state index contributed by atoms with van der Waals surface area (Å²) in [6.07, 6.45) is -4.04. The van der Waals surface area contributed by atoms with Gasteiger partial charge in [-0.2, -0.15) is 0 Å². The minimum Gasteiger partial charge on any atom is -0.481 e. The minimum atomic E-state index is -2.48. The van der Waals surface area contributed by atoms with Gasteiger partial charge in [-0.1, -0.05) is 0 Å². The molecule has 12 nitrogen and oxygen atoms in total. The van der Waals surface area contributed by atoms with Gasteiger partial charge in [-0.05, 0) is 4.57 Å². The first kappa shape index (κ1) is 21.3. The van der Waals surface area contributed by atoms with Crippen LogP contribution in [0.3, 0.4) is 0 Å². The Morgan fingerprint density at radius 3 is 2.48 bits per heavy atom. The van der Waals surface area contributed by atoms with Crippen LogP contribution < -0.4 is 11.2 Å². The largest absolute Gasteiger partial charge is 0.582 e. The monoisotopic (exact) mass is 423 g/mol. The zero-order valence-corrected chi connectivity index (χ0v) is 15.5. The number of carbonyl (C=O) groups is 2. The summed E-state index contributed by atoms with van der Waals surface area (Å²) < 4.78 is 28.4. The summed E-state index contributed by atoms with van der Waals surface area (Å²) >= 11 is 3.64. The number of carboxylic acid groups (broad SMARTS) is 2. The maximum atomic E-state index is 12.0. The molecule has 0 aromatic carbocycles. The van der Waals surface area contributed by atoms with Crippen LogP contribution in [0.2, 0.25) is 0 Å². The van der Waals surface area contributed by atoms with Gasteiger partial charge in [-0.15, -0.1) is 4.52 Å². The van der Waals surface area contributed by atoms with Crippen LogP contribution in [0.4, 0.5) is 0 Å². The van der Waals surface area contributed by atoms with E-state index < -0.39 is 67.3 Å². The fraction of sp³-hybridized carbons (Fsp3) is 0.538. The molecule has 5 atom stereocenters. The van der Waals surface area contributed by atoms with E-state index in [1.165, 1.54) is 7.11 Å².